The van der Waals surface area contributed by atoms with E-state index in [1.54, 1.807) is 6.92 Å². The molecule has 90 valence electrons. The first kappa shape index (κ1) is 12.2. The number of benzene rings is 2. The molecule has 0 aliphatic heterocycles. The van der Waals surface area contributed by atoms with Crippen molar-refractivity contribution in [3.63, 3.8) is 0 Å². The van der Waals surface area contributed by atoms with E-state index in [2.05, 4.69) is 31.2 Å². The van der Waals surface area contributed by atoms with Crippen LogP contribution in [0, 0.1) is 18.3 Å². The van der Waals surface area contributed by atoms with Gasteiger partial charge in [0.1, 0.15) is 11.8 Å². The predicted octanol–water partition coefficient (Wildman–Crippen LogP) is 3.95. The third-order valence-corrected chi connectivity index (χ3v) is 2.73. The molecule has 0 amide bonds. The zero-order valence-electron chi connectivity index (χ0n) is 10.6. The van der Waals surface area contributed by atoms with Crippen LogP contribution in [0.25, 0.3) is 11.1 Å². The molecule has 0 spiro atoms. The molecule has 2 aromatic carbocycles. The maximum absolute atomic E-state index is 8.68. The predicted molar refractivity (Wildman–Crippen MR) is 72.3 cm³/mol. The molecule has 0 radical (unpaired) electrons. The molecule has 0 heterocycles. The smallest absolute Gasteiger partial charge is 0.181 e. The lowest BCUT2D eigenvalue weighted by molar-refractivity contribution is 0.276. The SMILES string of the molecule is Cc1ccc(-c2ccc(OC(C)C#N)cc2)cc1. The lowest BCUT2D eigenvalue weighted by Crippen LogP contribution is -2.07. The van der Waals surface area contributed by atoms with Crippen LogP contribution in [0.2, 0.25) is 0 Å². The molecule has 2 nitrogen and oxygen atoms in total. The van der Waals surface area contributed by atoms with Crippen molar-refractivity contribution in [2.45, 2.75) is 20.0 Å². The fourth-order valence-electron chi connectivity index (χ4n) is 1.70. The van der Waals surface area contributed by atoms with Crippen LogP contribution in [0.5, 0.6) is 5.75 Å². The molecular weight excluding hydrogens is 222 g/mol. The Kier molecular flexibility index (Phi) is 3.64. The average Bonchev–Trinajstić information content (AvgIpc) is 2.40. The van der Waals surface area contributed by atoms with E-state index < -0.39 is 6.10 Å². The topological polar surface area (TPSA) is 33.0 Å². The number of ether oxygens (including phenoxy) is 1. The second kappa shape index (κ2) is 5.37. The van der Waals surface area contributed by atoms with E-state index >= 15 is 0 Å². The molecule has 0 aromatic heterocycles. The van der Waals surface area contributed by atoms with E-state index in [4.69, 9.17) is 10.00 Å². The van der Waals surface area contributed by atoms with Crippen LogP contribution in [0.3, 0.4) is 0 Å². The minimum atomic E-state index is -0.421. The van der Waals surface area contributed by atoms with Crippen LogP contribution < -0.4 is 4.74 Å². The van der Waals surface area contributed by atoms with Gasteiger partial charge in [-0.15, -0.1) is 0 Å². The summed E-state index contributed by atoms with van der Waals surface area (Å²) in [6.07, 6.45) is -0.421. The van der Waals surface area contributed by atoms with Gasteiger partial charge in [-0.1, -0.05) is 42.0 Å². The van der Waals surface area contributed by atoms with Crippen molar-refractivity contribution < 1.29 is 4.74 Å². The summed E-state index contributed by atoms with van der Waals surface area (Å²) in [6.45, 7) is 3.80. The third kappa shape index (κ3) is 2.89. The van der Waals surface area contributed by atoms with Crippen LogP contribution in [0.1, 0.15) is 12.5 Å². The molecule has 0 saturated carbocycles. The Balaban J connectivity index is 2.17. The van der Waals surface area contributed by atoms with Gasteiger partial charge in [0, 0.05) is 0 Å². The lowest BCUT2D eigenvalue weighted by Gasteiger charge is -2.08. The van der Waals surface area contributed by atoms with Crippen molar-refractivity contribution in [1.29, 1.82) is 5.26 Å². The minimum Gasteiger partial charge on any atom is -0.476 e. The molecule has 2 aromatic rings. The molecule has 0 saturated heterocycles. The van der Waals surface area contributed by atoms with Crippen molar-refractivity contribution in [2.75, 3.05) is 0 Å². The largest absolute Gasteiger partial charge is 0.476 e. The minimum absolute atomic E-state index is 0.421. The first-order chi connectivity index (χ1) is 8.69. The van der Waals surface area contributed by atoms with Gasteiger partial charge in [0.05, 0.1) is 0 Å². The van der Waals surface area contributed by atoms with Gasteiger partial charge in [0.25, 0.3) is 0 Å². The fraction of sp³-hybridized carbons (Fsp3) is 0.188. The molecule has 0 bridgehead atoms. The van der Waals surface area contributed by atoms with Crippen molar-refractivity contribution in [3.8, 4) is 22.9 Å². The zero-order valence-corrected chi connectivity index (χ0v) is 10.6. The van der Waals surface area contributed by atoms with E-state index in [0.717, 1.165) is 11.3 Å². The molecule has 0 fully saturated rings. The van der Waals surface area contributed by atoms with E-state index in [1.165, 1.54) is 11.1 Å². The maximum Gasteiger partial charge on any atom is 0.181 e. The Hall–Kier alpha value is -2.27. The van der Waals surface area contributed by atoms with Gasteiger partial charge in [-0.2, -0.15) is 5.26 Å². The first-order valence-corrected chi connectivity index (χ1v) is 5.92. The van der Waals surface area contributed by atoms with Crippen LogP contribution in [0.15, 0.2) is 48.5 Å². The van der Waals surface area contributed by atoms with Crippen LogP contribution in [0.4, 0.5) is 0 Å². The van der Waals surface area contributed by atoms with Gasteiger partial charge in [0.15, 0.2) is 6.10 Å². The highest BCUT2D eigenvalue weighted by atomic mass is 16.5. The maximum atomic E-state index is 8.68. The van der Waals surface area contributed by atoms with Crippen LogP contribution in [-0.4, -0.2) is 6.10 Å². The van der Waals surface area contributed by atoms with Crippen LogP contribution >= 0.6 is 0 Å². The fourth-order valence-corrected chi connectivity index (χ4v) is 1.70. The quantitative estimate of drug-likeness (QED) is 0.809. The standard InChI is InChI=1S/C16H15NO/c1-12-3-5-14(6-4-12)15-7-9-16(10-8-15)18-13(2)11-17/h3-10,13H,1-2H3. The first-order valence-electron chi connectivity index (χ1n) is 5.92. The van der Waals surface area contributed by atoms with Gasteiger partial charge in [0.2, 0.25) is 0 Å². The van der Waals surface area contributed by atoms with E-state index in [9.17, 15) is 0 Å². The Morgan fingerprint density at radius 1 is 0.944 bits per heavy atom. The molecule has 0 aliphatic rings. The second-order valence-electron chi connectivity index (χ2n) is 4.28. The Morgan fingerprint density at radius 3 is 1.94 bits per heavy atom. The zero-order chi connectivity index (χ0) is 13.0. The monoisotopic (exact) mass is 237 g/mol. The normalized spacial score (nSPS) is 11.6. The average molecular weight is 237 g/mol. The summed E-state index contributed by atoms with van der Waals surface area (Å²) in [5, 5.41) is 8.68. The summed E-state index contributed by atoms with van der Waals surface area (Å²) < 4.78 is 5.41. The van der Waals surface area contributed by atoms with Gasteiger partial charge < -0.3 is 4.74 Å². The third-order valence-electron chi connectivity index (χ3n) is 2.73. The summed E-state index contributed by atoms with van der Waals surface area (Å²) in [5.41, 5.74) is 3.58. The van der Waals surface area contributed by atoms with Gasteiger partial charge in [-0.05, 0) is 37.1 Å². The number of aryl methyl sites for hydroxylation is 1. The van der Waals surface area contributed by atoms with Crippen LogP contribution in [-0.2, 0) is 0 Å². The van der Waals surface area contributed by atoms with Gasteiger partial charge in [-0.3, -0.25) is 0 Å². The number of hydrogen-bond acceptors (Lipinski definition) is 2. The molecule has 2 heteroatoms. The summed E-state index contributed by atoms with van der Waals surface area (Å²) >= 11 is 0. The van der Waals surface area contributed by atoms with Crippen molar-refractivity contribution in [3.05, 3.63) is 54.1 Å². The van der Waals surface area contributed by atoms with Crippen molar-refractivity contribution >= 4 is 0 Å². The van der Waals surface area contributed by atoms with E-state index in [0.29, 0.717) is 0 Å². The molecule has 0 N–H and O–H groups in total. The highest BCUT2D eigenvalue weighted by molar-refractivity contribution is 5.64. The van der Waals surface area contributed by atoms with Gasteiger partial charge >= 0.3 is 0 Å². The number of nitriles is 1. The highest BCUT2D eigenvalue weighted by Crippen LogP contribution is 2.23. The van der Waals surface area contributed by atoms with Crippen molar-refractivity contribution in [1.82, 2.24) is 0 Å². The Morgan fingerprint density at radius 2 is 1.44 bits per heavy atom. The molecule has 1 atom stereocenters. The molecule has 0 aliphatic carbocycles. The molecule has 2 rings (SSSR count). The number of nitrogens with zero attached hydrogens (tertiary/aromatic N) is 1. The van der Waals surface area contributed by atoms with Crippen molar-refractivity contribution in [2.24, 2.45) is 0 Å². The molecule has 18 heavy (non-hydrogen) atoms. The summed E-state index contributed by atoms with van der Waals surface area (Å²) in [6, 6.07) is 18.2. The summed E-state index contributed by atoms with van der Waals surface area (Å²) in [5.74, 6) is 0.722. The highest BCUT2D eigenvalue weighted by Gasteiger charge is 2.02. The number of rotatable bonds is 3. The van der Waals surface area contributed by atoms with E-state index in [-0.39, 0.29) is 0 Å². The molecular formula is C16H15NO. The summed E-state index contributed by atoms with van der Waals surface area (Å²) in [4.78, 5) is 0. The van der Waals surface area contributed by atoms with E-state index in [1.807, 2.05) is 30.3 Å². The Labute approximate surface area is 107 Å². The summed E-state index contributed by atoms with van der Waals surface area (Å²) in [7, 11) is 0. The molecule has 1 unspecified atom stereocenters. The lowest BCUT2D eigenvalue weighted by atomic mass is 10.0. The van der Waals surface area contributed by atoms with Gasteiger partial charge in [-0.25, -0.2) is 0 Å². The Bertz CT molecular complexity index is 549. The second-order valence-corrected chi connectivity index (χ2v) is 4.28. The number of hydrogen-bond donors (Lipinski definition) is 0.